The van der Waals surface area contributed by atoms with Crippen molar-refractivity contribution in [3.63, 3.8) is 0 Å². The molecule has 3 nitrogen and oxygen atoms in total. The molecule has 90 valence electrons. The molecule has 0 spiro atoms. The average molecular weight is 234 g/mol. The molecule has 0 fully saturated rings. The summed E-state index contributed by atoms with van der Waals surface area (Å²) in [5.74, 6) is -0.0702. The fourth-order valence-electron chi connectivity index (χ4n) is 1.71. The van der Waals surface area contributed by atoms with E-state index in [0.717, 1.165) is 5.69 Å². The van der Waals surface area contributed by atoms with Gasteiger partial charge in [0.2, 0.25) is 0 Å². The van der Waals surface area contributed by atoms with Crippen molar-refractivity contribution in [2.45, 2.75) is 0 Å². The number of aliphatic hydroxyl groups excluding tert-OH is 1. The zero-order chi connectivity index (χ0) is 12.4. The number of allylic oxidation sites excluding steroid dienone is 2. The van der Waals surface area contributed by atoms with Crippen molar-refractivity contribution >= 4 is 11.4 Å². The highest BCUT2D eigenvalue weighted by Gasteiger charge is 2.13. The number of nitrogens with zero attached hydrogens (tertiary/aromatic N) is 2. The highest BCUT2D eigenvalue weighted by atomic mass is 19.1. The third-order valence-corrected chi connectivity index (χ3v) is 2.64. The smallest absolute Gasteiger partial charge is 0.148 e. The Morgan fingerprint density at radius 1 is 1.35 bits per heavy atom. The Balaban J connectivity index is 2.28. The van der Waals surface area contributed by atoms with Crippen LogP contribution in [0.4, 0.5) is 15.8 Å². The van der Waals surface area contributed by atoms with Crippen LogP contribution >= 0.6 is 0 Å². The molecule has 1 aromatic rings. The van der Waals surface area contributed by atoms with Gasteiger partial charge in [0.25, 0.3) is 0 Å². The summed E-state index contributed by atoms with van der Waals surface area (Å²) in [6.07, 6.45) is 5.04. The van der Waals surface area contributed by atoms with E-state index in [1.165, 1.54) is 6.07 Å². The van der Waals surface area contributed by atoms with Crippen molar-refractivity contribution in [1.29, 1.82) is 0 Å². The maximum atomic E-state index is 13.9. The quantitative estimate of drug-likeness (QED) is 0.852. The Bertz CT molecular complexity index is 480. The Morgan fingerprint density at radius 2 is 2.12 bits per heavy atom. The first-order valence-corrected chi connectivity index (χ1v) is 5.38. The van der Waals surface area contributed by atoms with Crippen LogP contribution in [0.25, 0.3) is 0 Å². The number of anilines is 2. The van der Waals surface area contributed by atoms with Gasteiger partial charge < -0.3 is 14.9 Å². The Kier molecular flexibility index (Phi) is 3.04. The van der Waals surface area contributed by atoms with Crippen LogP contribution in [0.5, 0.6) is 0 Å². The number of halogens is 1. The molecule has 0 aliphatic carbocycles. The van der Waals surface area contributed by atoms with Crippen molar-refractivity contribution in [3.05, 3.63) is 48.1 Å². The van der Waals surface area contributed by atoms with Crippen LogP contribution in [-0.4, -0.2) is 25.7 Å². The van der Waals surface area contributed by atoms with Gasteiger partial charge >= 0.3 is 0 Å². The second kappa shape index (κ2) is 4.49. The molecule has 0 bridgehead atoms. The lowest BCUT2D eigenvalue weighted by atomic mass is 10.2. The van der Waals surface area contributed by atoms with E-state index in [0.29, 0.717) is 12.2 Å². The summed E-state index contributed by atoms with van der Waals surface area (Å²) in [6, 6.07) is 5.05. The van der Waals surface area contributed by atoms with Crippen molar-refractivity contribution in [1.82, 2.24) is 0 Å². The van der Waals surface area contributed by atoms with Crippen LogP contribution in [0.2, 0.25) is 0 Å². The van der Waals surface area contributed by atoms with Gasteiger partial charge in [-0.15, -0.1) is 0 Å². The summed E-state index contributed by atoms with van der Waals surface area (Å²) >= 11 is 0. The van der Waals surface area contributed by atoms with E-state index in [1.54, 1.807) is 29.3 Å². The lowest BCUT2D eigenvalue weighted by molar-refractivity contribution is 0.400. The molecule has 1 N–H and O–H groups in total. The van der Waals surface area contributed by atoms with Crippen molar-refractivity contribution in [2.75, 3.05) is 30.4 Å². The van der Waals surface area contributed by atoms with E-state index in [-0.39, 0.29) is 11.6 Å². The molecule has 0 saturated heterocycles. The second-order valence-corrected chi connectivity index (χ2v) is 4.16. The lowest BCUT2D eigenvalue weighted by Crippen LogP contribution is -2.22. The standard InChI is InChI=1S/C13H15FN2O/c1-15(2)10-5-6-13(12(14)8-10)16-7-3-4-11(17)9-16/h3-8,17H,9H2,1-2H3. The van der Waals surface area contributed by atoms with Gasteiger partial charge in [0.15, 0.2) is 0 Å². The molecule has 0 radical (unpaired) electrons. The summed E-state index contributed by atoms with van der Waals surface area (Å²) in [5.41, 5.74) is 1.28. The van der Waals surface area contributed by atoms with Gasteiger partial charge in [-0.1, -0.05) is 0 Å². The predicted molar refractivity (Wildman–Crippen MR) is 67.9 cm³/mol. The number of benzene rings is 1. The molecular formula is C13H15FN2O. The van der Waals surface area contributed by atoms with Crippen molar-refractivity contribution < 1.29 is 9.50 Å². The average Bonchev–Trinajstić information content (AvgIpc) is 2.28. The number of hydrogen-bond donors (Lipinski definition) is 1. The van der Waals surface area contributed by atoms with E-state index < -0.39 is 0 Å². The largest absolute Gasteiger partial charge is 0.510 e. The maximum Gasteiger partial charge on any atom is 0.148 e. The van der Waals surface area contributed by atoms with Gasteiger partial charge in [0, 0.05) is 26.0 Å². The summed E-state index contributed by atoms with van der Waals surface area (Å²) in [4.78, 5) is 3.51. The molecule has 1 aromatic carbocycles. The summed E-state index contributed by atoms with van der Waals surface area (Å²) in [7, 11) is 3.73. The van der Waals surface area contributed by atoms with Gasteiger partial charge in [-0.05, 0) is 30.4 Å². The first-order valence-electron chi connectivity index (χ1n) is 5.38. The molecule has 0 saturated carbocycles. The second-order valence-electron chi connectivity index (χ2n) is 4.16. The molecule has 17 heavy (non-hydrogen) atoms. The van der Waals surface area contributed by atoms with E-state index in [1.807, 2.05) is 25.1 Å². The molecule has 0 atom stereocenters. The van der Waals surface area contributed by atoms with Gasteiger partial charge in [-0.25, -0.2) is 4.39 Å². The zero-order valence-corrected chi connectivity index (χ0v) is 9.89. The summed E-state index contributed by atoms with van der Waals surface area (Å²) < 4.78 is 13.9. The zero-order valence-electron chi connectivity index (χ0n) is 9.89. The topological polar surface area (TPSA) is 26.7 Å². The number of rotatable bonds is 2. The molecule has 0 amide bonds. The Hall–Kier alpha value is -1.97. The highest BCUT2D eigenvalue weighted by molar-refractivity contribution is 5.59. The van der Waals surface area contributed by atoms with Gasteiger partial charge in [0.05, 0.1) is 12.2 Å². The van der Waals surface area contributed by atoms with E-state index >= 15 is 0 Å². The first kappa shape index (κ1) is 11.5. The van der Waals surface area contributed by atoms with Gasteiger partial charge in [-0.2, -0.15) is 0 Å². The van der Waals surface area contributed by atoms with Gasteiger partial charge in [0.1, 0.15) is 11.6 Å². The fraction of sp³-hybridized carbons (Fsp3) is 0.231. The molecule has 1 aliphatic heterocycles. The van der Waals surface area contributed by atoms with Gasteiger partial charge in [-0.3, -0.25) is 0 Å². The fourth-order valence-corrected chi connectivity index (χ4v) is 1.71. The molecule has 0 unspecified atom stereocenters. The summed E-state index contributed by atoms with van der Waals surface area (Å²) in [6.45, 7) is 0.300. The molecule has 4 heteroatoms. The highest BCUT2D eigenvalue weighted by Crippen LogP contribution is 2.25. The minimum absolute atomic E-state index is 0.226. The lowest BCUT2D eigenvalue weighted by Gasteiger charge is -2.23. The number of aliphatic hydroxyl groups is 1. The molecule has 1 heterocycles. The third-order valence-electron chi connectivity index (χ3n) is 2.64. The minimum atomic E-state index is -0.296. The Morgan fingerprint density at radius 3 is 2.71 bits per heavy atom. The monoisotopic (exact) mass is 234 g/mol. The first-order chi connectivity index (χ1) is 8.08. The van der Waals surface area contributed by atoms with Crippen LogP contribution in [0.15, 0.2) is 42.3 Å². The van der Waals surface area contributed by atoms with Crippen LogP contribution in [0.3, 0.4) is 0 Å². The normalized spacial score (nSPS) is 14.8. The molecule has 0 aromatic heterocycles. The number of hydrogen-bond acceptors (Lipinski definition) is 3. The summed E-state index contributed by atoms with van der Waals surface area (Å²) in [5, 5.41) is 9.41. The van der Waals surface area contributed by atoms with Crippen LogP contribution in [0, 0.1) is 5.82 Å². The SMILES string of the molecule is CN(C)c1ccc(N2C=CC=C(O)C2)c(F)c1. The molecular weight excluding hydrogens is 219 g/mol. The van der Waals surface area contributed by atoms with E-state index in [4.69, 9.17) is 0 Å². The van der Waals surface area contributed by atoms with Crippen LogP contribution in [0.1, 0.15) is 0 Å². The Labute approximate surface area is 100 Å². The third kappa shape index (κ3) is 2.41. The predicted octanol–water partition coefficient (Wildman–Crippen LogP) is 2.67. The maximum absolute atomic E-state index is 13.9. The molecule has 2 rings (SSSR count). The minimum Gasteiger partial charge on any atom is -0.510 e. The van der Waals surface area contributed by atoms with E-state index in [9.17, 15) is 9.50 Å². The van der Waals surface area contributed by atoms with Crippen LogP contribution in [-0.2, 0) is 0 Å². The van der Waals surface area contributed by atoms with Crippen LogP contribution < -0.4 is 9.80 Å². The molecule has 1 aliphatic rings. The van der Waals surface area contributed by atoms with E-state index in [2.05, 4.69) is 0 Å². The van der Waals surface area contributed by atoms with Crippen molar-refractivity contribution in [2.24, 2.45) is 0 Å². The van der Waals surface area contributed by atoms with Crippen molar-refractivity contribution in [3.8, 4) is 0 Å².